The van der Waals surface area contributed by atoms with Crippen LogP contribution in [0.5, 0.6) is 5.75 Å². The lowest BCUT2D eigenvalue weighted by Gasteiger charge is -2.27. The first-order chi connectivity index (χ1) is 13.3. The van der Waals surface area contributed by atoms with Crippen LogP contribution in [0.15, 0.2) is 59.3 Å². The largest absolute Gasteiger partial charge is 0.506 e. The second-order valence-corrected chi connectivity index (χ2v) is 6.75. The average Bonchev–Trinajstić information content (AvgIpc) is 3.23. The van der Waals surface area contributed by atoms with E-state index in [1.165, 1.54) is 0 Å². The summed E-state index contributed by atoms with van der Waals surface area (Å²) in [6.45, 7) is 2.42. The van der Waals surface area contributed by atoms with E-state index >= 15 is 0 Å². The van der Waals surface area contributed by atoms with Crippen molar-refractivity contribution >= 4 is 10.9 Å². The van der Waals surface area contributed by atoms with Gasteiger partial charge in [0.1, 0.15) is 11.3 Å². The van der Waals surface area contributed by atoms with E-state index in [4.69, 9.17) is 4.42 Å². The molecule has 6 heteroatoms. The van der Waals surface area contributed by atoms with Gasteiger partial charge >= 0.3 is 0 Å². The molecule has 0 spiro atoms. The average molecular weight is 358 g/mol. The lowest BCUT2D eigenvalue weighted by Crippen LogP contribution is -2.31. The predicted octanol–water partition coefficient (Wildman–Crippen LogP) is 3.55. The molecule has 1 aromatic carbocycles. The number of phenolic OH excluding ortho intramolecular Hbond substituents is 1. The Morgan fingerprint density at radius 1 is 1.07 bits per heavy atom. The van der Waals surface area contributed by atoms with Crippen LogP contribution < -0.4 is 0 Å². The Morgan fingerprint density at radius 3 is 2.93 bits per heavy atom. The first kappa shape index (κ1) is 16.0. The number of para-hydroxylation sites is 1. The normalized spacial score (nSPS) is 14.4. The van der Waals surface area contributed by atoms with Crippen molar-refractivity contribution in [2.24, 2.45) is 0 Å². The fourth-order valence-electron chi connectivity index (χ4n) is 3.52. The summed E-state index contributed by atoms with van der Waals surface area (Å²) in [4.78, 5) is 16.1. The van der Waals surface area contributed by atoms with Crippen molar-refractivity contribution in [2.45, 2.75) is 19.5 Å². The maximum atomic E-state index is 10.0. The van der Waals surface area contributed by atoms with Crippen LogP contribution in [0.1, 0.15) is 17.0 Å². The molecule has 0 aliphatic carbocycles. The first-order valence-electron chi connectivity index (χ1n) is 8.95. The Balaban J connectivity index is 1.36. The SMILES string of the molecule is Oc1cccc2ccc(CN3CCc4nc(-c5ccco5)ncc4C3)nc12. The van der Waals surface area contributed by atoms with E-state index in [0.29, 0.717) is 17.1 Å². The number of benzene rings is 1. The number of aromatic nitrogens is 3. The number of hydrogen-bond acceptors (Lipinski definition) is 6. The maximum Gasteiger partial charge on any atom is 0.195 e. The van der Waals surface area contributed by atoms with Crippen LogP contribution in [0.3, 0.4) is 0 Å². The molecule has 134 valence electrons. The Labute approximate surface area is 156 Å². The molecule has 4 aromatic rings. The summed E-state index contributed by atoms with van der Waals surface area (Å²) in [6, 6.07) is 13.2. The molecule has 0 saturated carbocycles. The van der Waals surface area contributed by atoms with Crippen molar-refractivity contribution < 1.29 is 9.52 Å². The Morgan fingerprint density at radius 2 is 2.04 bits per heavy atom. The number of hydrogen-bond donors (Lipinski definition) is 1. The van der Waals surface area contributed by atoms with Crippen LogP contribution >= 0.6 is 0 Å². The summed E-state index contributed by atoms with van der Waals surface area (Å²) in [6.07, 6.45) is 4.39. The molecular weight excluding hydrogens is 340 g/mol. The number of nitrogens with zero attached hydrogens (tertiary/aromatic N) is 4. The van der Waals surface area contributed by atoms with E-state index in [0.717, 1.165) is 48.4 Å². The van der Waals surface area contributed by atoms with Crippen LogP contribution in [0, 0.1) is 0 Å². The van der Waals surface area contributed by atoms with E-state index in [2.05, 4.69) is 19.9 Å². The number of phenols is 1. The Hall–Kier alpha value is -3.25. The van der Waals surface area contributed by atoms with Crippen LogP contribution in [0.25, 0.3) is 22.5 Å². The molecule has 0 radical (unpaired) electrons. The molecule has 6 nitrogen and oxygen atoms in total. The molecule has 0 saturated heterocycles. The van der Waals surface area contributed by atoms with Gasteiger partial charge in [-0.25, -0.2) is 15.0 Å². The number of pyridine rings is 1. The number of fused-ring (bicyclic) bond motifs is 2. The fourth-order valence-corrected chi connectivity index (χ4v) is 3.52. The molecule has 1 aliphatic rings. The molecule has 1 aliphatic heterocycles. The highest BCUT2D eigenvalue weighted by Crippen LogP contribution is 2.25. The smallest absolute Gasteiger partial charge is 0.195 e. The number of furan rings is 1. The zero-order valence-corrected chi connectivity index (χ0v) is 14.7. The van der Waals surface area contributed by atoms with Crippen molar-refractivity contribution in [3.8, 4) is 17.3 Å². The molecule has 27 heavy (non-hydrogen) atoms. The zero-order valence-electron chi connectivity index (χ0n) is 14.7. The van der Waals surface area contributed by atoms with Gasteiger partial charge in [-0.15, -0.1) is 0 Å². The van der Waals surface area contributed by atoms with E-state index in [9.17, 15) is 5.11 Å². The van der Waals surface area contributed by atoms with Gasteiger partial charge < -0.3 is 9.52 Å². The molecule has 1 N–H and O–H groups in total. The third-order valence-electron chi connectivity index (χ3n) is 4.90. The summed E-state index contributed by atoms with van der Waals surface area (Å²) in [5.74, 6) is 1.55. The van der Waals surface area contributed by atoms with Gasteiger partial charge in [-0.05, 0) is 24.3 Å². The van der Waals surface area contributed by atoms with E-state index in [1.807, 2.05) is 42.6 Å². The standard InChI is InChI=1S/C21H18N4O2/c26-18-4-1-3-14-6-7-16(23-20(14)18)13-25-9-8-17-15(12-25)11-22-21(24-17)19-5-2-10-27-19/h1-7,10-11,26H,8-9,12-13H2. The van der Waals surface area contributed by atoms with Gasteiger partial charge in [0, 0.05) is 43.2 Å². The van der Waals surface area contributed by atoms with Gasteiger partial charge in [0.15, 0.2) is 11.6 Å². The van der Waals surface area contributed by atoms with Gasteiger partial charge in [-0.2, -0.15) is 0 Å². The van der Waals surface area contributed by atoms with Crippen LogP contribution in [0.2, 0.25) is 0 Å². The minimum Gasteiger partial charge on any atom is -0.506 e. The van der Waals surface area contributed by atoms with Crippen molar-refractivity contribution in [3.05, 3.63) is 71.9 Å². The van der Waals surface area contributed by atoms with Crippen LogP contribution in [-0.4, -0.2) is 31.5 Å². The van der Waals surface area contributed by atoms with Gasteiger partial charge in [-0.1, -0.05) is 18.2 Å². The van der Waals surface area contributed by atoms with Crippen molar-refractivity contribution in [1.29, 1.82) is 0 Å². The van der Waals surface area contributed by atoms with E-state index in [-0.39, 0.29) is 5.75 Å². The summed E-state index contributed by atoms with van der Waals surface area (Å²) in [5.41, 5.74) is 3.82. The number of rotatable bonds is 3. The topological polar surface area (TPSA) is 75.3 Å². The predicted molar refractivity (Wildman–Crippen MR) is 101 cm³/mol. The summed E-state index contributed by atoms with van der Waals surface area (Å²) in [5, 5.41) is 11.0. The maximum absolute atomic E-state index is 10.0. The quantitative estimate of drug-likeness (QED) is 0.604. The highest BCUT2D eigenvalue weighted by atomic mass is 16.3. The Bertz CT molecular complexity index is 1110. The first-order valence-corrected chi connectivity index (χ1v) is 8.95. The molecule has 0 amide bonds. The molecule has 5 rings (SSSR count). The van der Waals surface area contributed by atoms with Gasteiger partial charge in [-0.3, -0.25) is 4.90 Å². The Kier molecular flexibility index (Phi) is 3.83. The molecule has 3 aromatic heterocycles. The minimum absolute atomic E-state index is 0.220. The second kappa shape index (κ2) is 6.48. The van der Waals surface area contributed by atoms with Crippen molar-refractivity contribution in [2.75, 3.05) is 6.54 Å². The van der Waals surface area contributed by atoms with E-state index < -0.39 is 0 Å². The molecule has 4 heterocycles. The van der Waals surface area contributed by atoms with Gasteiger partial charge in [0.2, 0.25) is 0 Å². The molecule has 0 fully saturated rings. The molecular formula is C21H18N4O2. The third kappa shape index (κ3) is 3.04. The van der Waals surface area contributed by atoms with Crippen molar-refractivity contribution in [1.82, 2.24) is 19.9 Å². The van der Waals surface area contributed by atoms with Crippen molar-refractivity contribution in [3.63, 3.8) is 0 Å². The zero-order chi connectivity index (χ0) is 18.2. The second-order valence-electron chi connectivity index (χ2n) is 6.75. The minimum atomic E-state index is 0.220. The monoisotopic (exact) mass is 358 g/mol. The van der Waals surface area contributed by atoms with Crippen LogP contribution in [0.4, 0.5) is 0 Å². The highest BCUT2D eigenvalue weighted by molar-refractivity contribution is 5.84. The summed E-state index contributed by atoms with van der Waals surface area (Å²) in [7, 11) is 0. The van der Waals surface area contributed by atoms with Crippen LogP contribution in [-0.2, 0) is 19.5 Å². The number of aromatic hydroxyl groups is 1. The molecule has 0 atom stereocenters. The fraction of sp³-hybridized carbons (Fsp3) is 0.190. The highest BCUT2D eigenvalue weighted by Gasteiger charge is 2.20. The lowest BCUT2D eigenvalue weighted by molar-refractivity contribution is 0.240. The molecule has 0 unspecified atom stereocenters. The summed E-state index contributed by atoms with van der Waals surface area (Å²) >= 11 is 0. The van der Waals surface area contributed by atoms with Gasteiger partial charge in [0.25, 0.3) is 0 Å². The van der Waals surface area contributed by atoms with E-state index in [1.54, 1.807) is 12.3 Å². The molecule has 0 bridgehead atoms. The lowest BCUT2D eigenvalue weighted by atomic mass is 10.1. The third-order valence-corrected chi connectivity index (χ3v) is 4.90. The summed E-state index contributed by atoms with van der Waals surface area (Å²) < 4.78 is 5.39. The van der Waals surface area contributed by atoms with Gasteiger partial charge in [0.05, 0.1) is 17.7 Å².